The maximum atomic E-state index is 12.2. The molecule has 2 aromatic heterocycles. The Balaban J connectivity index is 1.69. The van der Waals surface area contributed by atoms with Crippen molar-refractivity contribution in [3.8, 4) is 5.75 Å². The maximum absolute atomic E-state index is 12.2. The Kier molecular flexibility index (Phi) is 4.36. The van der Waals surface area contributed by atoms with Crippen LogP contribution in [-0.2, 0) is 4.79 Å². The summed E-state index contributed by atoms with van der Waals surface area (Å²) in [7, 11) is 0. The zero-order valence-electron chi connectivity index (χ0n) is 12.0. The number of anilines is 1. The van der Waals surface area contributed by atoms with E-state index in [9.17, 15) is 4.79 Å². The van der Waals surface area contributed by atoms with Crippen LogP contribution < -0.4 is 10.1 Å². The predicted octanol–water partition coefficient (Wildman–Crippen LogP) is 3.44. The van der Waals surface area contributed by atoms with Gasteiger partial charge in [0.15, 0.2) is 11.8 Å². The lowest BCUT2D eigenvalue weighted by atomic mass is 10.3. The molecule has 1 N–H and O–H groups in total. The van der Waals surface area contributed by atoms with Crippen LogP contribution in [0, 0.1) is 0 Å². The Morgan fingerprint density at radius 3 is 2.87 bits per heavy atom. The summed E-state index contributed by atoms with van der Waals surface area (Å²) in [6.45, 7) is 1.63. The second-order valence-electron chi connectivity index (χ2n) is 4.79. The topological polar surface area (TPSA) is 68.5 Å². The van der Waals surface area contributed by atoms with Crippen molar-refractivity contribution in [2.24, 2.45) is 0 Å². The molecule has 1 amide bonds. The SMILES string of the molecule is C[C@@H](Oc1cccc(Cl)c1)C(=O)Nc1nc2ccc(Cl)cn2n1. The van der Waals surface area contributed by atoms with Crippen LogP contribution in [-0.4, -0.2) is 26.6 Å². The van der Waals surface area contributed by atoms with Gasteiger partial charge in [0.2, 0.25) is 5.95 Å². The van der Waals surface area contributed by atoms with E-state index in [0.29, 0.717) is 21.4 Å². The molecule has 3 rings (SSSR count). The Labute approximate surface area is 142 Å². The van der Waals surface area contributed by atoms with Crippen LogP contribution in [0.3, 0.4) is 0 Å². The first-order valence-electron chi connectivity index (χ1n) is 6.76. The zero-order chi connectivity index (χ0) is 16.4. The zero-order valence-corrected chi connectivity index (χ0v) is 13.5. The molecule has 0 bridgehead atoms. The van der Waals surface area contributed by atoms with E-state index in [1.165, 1.54) is 4.52 Å². The van der Waals surface area contributed by atoms with Crippen molar-refractivity contribution in [2.75, 3.05) is 5.32 Å². The van der Waals surface area contributed by atoms with Gasteiger partial charge in [0, 0.05) is 11.2 Å². The fraction of sp³-hybridized carbons (Fsp3) is 0.133. The minimum Gasteiger partial charge on any atom is -0.481 e. The molecule has 0 aliphatic rings. The summed E-state index contributed by atoms with van der Waals surface area (Å²) in [6, 6.07) is 10.2. The van der Waals surface area contributed by atoms with Gasteiger partial charge in [-0.25, -0.2) is 4.52 Å². The summed E-state index contributed by atoms with van der Waals surface area (Å²) < 4.78 is 7.03. The molecule has 3 aromatic rings. The number of carbonyl (C=O) groups is 1. The number of benzene rings is 1. The number of nitrogens with one attached hydrogen (secondary N) is 1. The van der Waals surface area contributed by atoms with Crippen molar-refractivity contribution >= 4 is 40.7 Å². The standard InChI is InChI=1S/C15H12Cl2N4O2/c1-9(23-12-4-2-3-10(16)7-12)14(22)19-15-18-13-6-5-11(17)8-21(13)20-15/h2-9H,1H3,(H,19,20,22)/t9-/m1/s1. The van der Waals surface area contributed by atoms with Crippen molar-refractivity contribution in [2.45, 2.75) is 13.0 Å². The highest BCUT2D eigenvalue weighted by Crippen LogP contribution is 2.18. The Hall–Kier alpha value is -2.31. The van der Waals surface area contributed by atoms with E-state index >= 15 is 0 Å². The molecular formula is C15H12Cl2N4O2. The molecule has 23 heavy (non-hydrogen) atoms. The number of fused-ring (bicyclic) bond motifs is 1. The van der Waals surface area contributed by atoms with Crippen molar-refractivity contribution in [1.82, 2.24) is 14.6 Å². The summed E-state index contributed by atoms with van der Waals surface area (Å²) in [6.07, 6.45) is 0.870. The number of pyridine rings is 1. The van der Waals surface area contributed by atoms with E-state index in [2.05, 4.69) is 15.4 Å². The first kappa shape index (κ1) is 15.6. The minimum atomic E-state index is -0.733. The average molecular weight is 351 g/mol. The first-order valence-corrected chi connectivity index (χ1v) is 7.52. The smallest absolute Gasteiger partial charge is 0.267 e. The highest BCUT2D eigenvalue weighted by atomic mass is 35.5. The molecule has 1 atom stereocenters. The van der Waals surface area contributed by atoms with E-state index in [1.807, 2.05) is 0 Å². The van der Waals surface area contributed by atoms with E-state index in [0.717, 1.165) is 0 Å². The first-order chi connectivity index (χ1) is 11.0. The third-order valence-corrected chi connectivity index (χ3v) is 3.47. The van der Waals surface area contributed by atoms with Gasteiger partial charge in [-0.05, 0) is 37.3 Å². The molecule has 0 unspecified atom stereocenters. The number of ether oxygens (including phenoxy) is 1. The minimum absolute atomic E-state index is 0.179. The highest BCUT2D eigenvalue weighted by molar-refractivity contribution is 6.30. The van der Waals surface area contributed by atoms with Crippen molar-refractivity contribution < 1.29 is 9.53 Å². The fourth-order valence-corrected chi connectivity index (χ4v) is 2.26. The van der Waals surface area contributed by atoms with E-state index in [-0.39, 0.29) is 11.9 Å². The Morgan fingerprint density at radius 2 is 2.09 bits per heavy atom. The van der Waals surface area contributed by atoms with Crippen LogP contribution in [0.1, 0.15) is 6.92 Å². The molecule has 118 valence electrons. The van der Waals surface area contributed by atoms with Crippen molar-refractivity contribution in [1.29, 1.82) is 0 Å². The summed E-state index contributed by atoms with van der Waals surface area (Å²) in [5.41, 5.74) is 0.577. The quantitative estimate of drug-likeness (QED) is 0.782. The van der Waals surface area contributed by atoms with Gasteiger partial charge < -0.3 is 4.74 Å². The molecule has 6 nitrogen and oxygen atoms in total. The number of aromatic nitrogens is 3. The predicted molar refractivity (Wildman–Crippen MR) is 88.2 cm³/mol. The van der Waals surface area contributed by atoms with Crippen LogP contribution in [0.2, 0.25) is 10.0 Å². The van der Waals surface area contributed by atoms with Crippen LogP contribution in [0.25, 0.3) is 5.65 Å². The van der Waals surface area contributed by atoms with E-state index in [1.54, 1.807) is 49.5 Å². The molecule has 0 saturated carbocycles. The third kappa shape index (κ3) is 3.72. The van der Waals surface area contributed by atoms with E-state index < -0.39 is 6.10 Å². The van der Waals surface area contributed by atoms with Gasteiger partial charge >= 0.3 is 0 Å². The van der Waals surface area contributed by atoms with Gasteiger partial charge in [-0.3, -0.25) is 10.1 Å². The van der Waals surface area contributed by atoms with Gasteiger partial charge in [0.1, 0.15) is 5.75 Å². The highest BCUT2D eigenvalue weighted by Gasteiger charge is 2.17. The third-order valence-electron chi connectivity index (χ3n) is 3.01. The van der Waals surface area contributed by atoms with E-state index in [4.69, 9.17) is 27.9 Å². The van der Waals surface area contributed by atoms with Crippen LogP contribution in [0.4, 0.5) is 5.95 Å². The Bertz CT molecular complexity index is 866. The van der Waals surface area contributed by atoms with Gasteiger partial charge in [0.25, 0.3) is 5.91 Å². The number of hydrogen-bond donors (Lipinski definition) is 1. The largest absolute Gasteiger partial charge is 0.481 e. The molecule has 0 aliphatic heterocycles. The van der Waals surface area contributed by atoms with Crippen molar-refractivity contribution in [3.05, 3.63) is 52.6 Å². The van der Waals surface area contributed by atoms with Crippen molar-refractivity contribution in [3.63, 3.8) is 0 Å². The number of hydrogen-bond acceptors (Lipinski definition) is 4. The lowest BCUT2D eigenvalue weighted by Crippen LogP contribution is -2.30. The molecule has 0 spiro atoms. The summed E-state index contributed by atoms with van der Waals surface area (Å²) >= 11 is 11.8. The monoisotopic (exact) mass is 350 g/mol. The number of nitrogens with zero attached hydrogens (tertiary/aromatic N) is 3. The van der Waals surface area contributed by atoms with Gasteiger partial charge in [0.05, 0.1) is 5.02 Å². The summed E-state index contributed by atoms with van der Waals surface area (Å²) in [5.74, 6) is 0.320. The summed E-state index contributed by atoms with van der Waals surface area (Å²) in [5, 5.41) is 7.79. The molecule has 0 radical (unpaired) electrons. The van der Waals surface area contributed by atoms with Crippen LogP contribution >= 0.6 is 23.2 Å². The fourth-order valence-electron chi connectivity index (χ4n) is 1.92. The second-order valence-corrected chi connectivity index (χ2v) is 5.67. The lowest BCUT2D eigenvalue weighted by molar-refractivity contribution is -0.122. The van der Waals surface area contributed by atoms with Gasteiger partial charge in [-0.15, -0.1) is 5.10 Å². The number of carbonyl (C=O) groups excluding carboxylic acids is 1. The Morgan fingerprint density at radius 1 is 1.26 bits per heavy atom. The summed E-state index contributed by atoms with van der Waals surface area (Å²) in [4.78, 5) is 16.3. The molecular weight excluding hydrogens is 339 g/mol. The molecule has 0 saturated heterocycles. The number of halogens is 2. The molecule has 0 fully saturated rings. The second kappa shape index (κ2) is 6.44. The van der Waals surface area contributed by atoms with Gasteiger partial charge in [-0.1, -0.05) is 29.3 Å². The molecule has 1 aromatic carbocycles. The van der Waals surface area contributed by atoms with Crippen LogP contribution in [0.5, 0.6) is 5.75 Å². The number of amides is 1. The number of rotatable bonds is 4. The van der Waals surface area contributed by atoms with Gasteiger partial charge in [-0.2, -0.15) is 4.98 Å². The maximum Gasteiger partial charge on any atom is 0.267 e. The molecule has 0 aliphatic carbocycles. The molecule has 2 heterocycles. The average Bonchev–Trinajstić information content (AvgIpc) is 2.88. The lowest BCUT2D eigenvalue weighted by Gasteiger charge is -2.13. The molecule has 8 heteroatoms. The normalized spacial score (nSPS) is 12.1. The van der Waals surface area contributed by atoms with Crippen LogP contribution in [0.15, 0.2) is 42.6 Å².